The maximum absolute atomic E-state index is 11.9. The summed E-state index contributed by atoms with van der Waals surface area (Å²) in [5.41, 5.74) is 2.80. The number of rotatable bonds is 3. The Bertz CT molecular complexity index is 632. The van der Waals surface area contributed by atoms with E-state index in [1.165, 1.54) is 0 Å². The molecule has 1 aromatic heterocycles. The van der Waals surface area contributed by atoms with Gasteiger partial charge in [0.25, 0.3) is 5.91 Å². The first kappa shape index (κ1) is 12.8. The zero-order valence-electron chi connectivity index (χ0n) is 10.8. The molecular formula is C14H14N4O. The minimum Gasteiger partial charge on any atom is -0.346 e. The van der Waals surface area contributed by atoms with Crippen LogP contribution in [0.2, 0.25) is 0 Å². The second-order valence-corrected chi connectivity index (χ2v) is 4.28. The molecular weight excluding hydrogens is 240 g/mol. The van der Waals surface area contributed by atoms with Crippen molar-refractivity contribution in [2.45, 2.75) is 13.5 Å². The molecule has 5 heteroatoms. The predicted molar refractivity (Wildman–Crippen MR) is 70.3 cm³/mol. The molecule has 0 aliphatic rings. The molecule has 0 saturated heterocycles. The molecule has 0 bridgehead atoms. The molecule has 1 heterocycles. The summed E-state index contributed by atoms with van der Waals surface area (Å²) in [5, 5.41) is 15.8. The topological polar surface area (TPSA) is 70.7 Å². The molecule has 1 N–H and O–H groups in total. The summed E-state index contributed by atoms with van der Waals surface area (Å²) in [7, 11) is 1.86. The van der Waals surface area contributed by atoms with Crippen LogP contribution < -0.4 is 5.32 Å². The summed E-state index contributed by atoms with van der Waals surface area (Å²) in [4.78, 5) is 11.9. The Kier molecular flexibility index (Phi) is 3.62. The number of hydrogen-bond acceptors (Lipinski definition) is 3. The van der Waals surface area contributed by atoms with Crippen LogP contribution in [-0.4, -0.2) is 15.7 Å². The van der Waals surface area contributed by atoms with Crippen LogP contribution >= 0.6 is 0 Å². The van der Waals surface area contributed by atoms with Gasteiger partial charge in [-0.2, -0.15) is 10.4 Å². The number of carbonyl (C=O) groups excluding carboxylic acids is 1. The first-order valence-corrected chi connectivity index (χ1v) is 5.88. The van der Waals surface area contributed by atoms with Crippen molar-refractivity contribution in [3.8, 4) is 6.07 Å². The van der Waals surface area contributed by atoms with Crippen LogP contribution in [0.1, 0.15) is 27.3 Å². The number of nitrogens with one attached hydrogen (secondary N) is 1. The normalized spacial score (nSPS) is 9.95. The van der Waals surface area contributed by atoms with E-state index >= 15 is 0 Å². The Balaban J connectivity index is 2.03. The van der Waals surface area contributed by atoms with E-state index in [0.29, 0.717) is 17.7 Å². The van der Waals surface area contributed by atoms with Crippen molar-refractivity contribution in [3.63, 3.8) is 0 Å². The van der Waals surface area contributed by atoms with E-state index in [9.17, 15) is 4.79 Å². The van der Waals surface area contributed by atoms with E-state index in [1.54, 1.807) is 28.9 Å². The van der Waals surface area contributed by atoms with E-state index < -0.39 is 0 Å². The van der Waals surface area contributed by atoms with E-state index in [1.807, 2.05) is 26.1 Å². The zero-order valence-corrected chi connectivity index (χ0v) is 10.8. The highest BCUT2D eigenvalue weighted by Crippen LogP contribution is 2.05. The van der Waals surface area contributed by atoms with Crippen molar-refractivity contribution < 1.29 is 4.79 Å². The van der Waals surface area contributed by atoms with Crippen molar-refractivity contribution in [2.24, 2.45) is 7.05 Å². The van der Waals surface area contributed by atoms with Gasteiger partial charge in [0, 0.05) is 18.3 Å². The van der Waals surface area contributed by atoms with E-state index in [4.69, 9.17) is 5.26 Å². The summed E-state index contributed by atoms with van der Waals surface area (Å²) in [6, 6.07) is 10.5. The Morgan fingerprint density at radius 1 is 1.47 bits per heavy atom. The van der Waals surface area contributed by atoms with Gasteiger partial charge < -0.3 is 5.32 Å². The van der Waals surface area contributed by atoms with Gasteiger partial charge in [0.2, 0.25) is 0 Å². The highest BCUT2D eigenvalue weighted by atomic mass is 16.1. The summed E-state index contributed by atoms with van der Waals surface area (Å²) < 4.78 is 1.76. The highest BCUT2D eigenvalue weighted by molar-refractivity contribution is 5.94. The average molecular weight is 254 g/mol. The van der Waals surface area contributed by atoms with Crippen molar-refractivity contribution in [1.82, 2.24) is 15.1 Å². The lowest BCUT2D eigenvalue weighted by Crippen LogP contribution is -2.23. The van der Waals surface area contributed by atoms with Gasteiger partial charge in [-0.3, -0.25) is 9.48 Å². The lowest BCUT2D eigenvalue weighted by atomic mass is 10.1. The van der Waals surface area contributed by atoms with Crippen molar-refractivity contribution >= 4 is 5.91 Å². The van der Waals surface area contributed by atoms with Crippen molar-refractivity contribution in [3.05, 3.63) is 52.8 Å². The number of nitrogens with zero attached hydrogens (tertiary/aromatic N) is 3. The standard InChI is InChI=1S/C14H14N4O/c1-10-6-13(17-18(10)2)9-16-14(19)12-5-3-4-11(7-12)8-15/h3-7H,9H2,1-2H3,(H,16,19). The largest absolute Gasteiger partial charge is 0.346 e. The molecule has 2 rings (SSSR count). The van der Waals surface area contributed by atoms with Crippen LogP contribution in [-0.2, 0) is 13.6 Å². The molecule has 0 radical (unpaired) electrons. The molecule has 0 saturated carbocycles. The van der Waals surface area contributed by atoms with Gasteiger partial charge in [-0.05, 0) is 31.2 Å². The van der Waals surface area contributed by atoms with Gasteiger partial charge >= 0.3 is 0 Å². The van der Waals surface area contributed by atoms with E-state index in [-0.39, 0.29) is 5.91 Å². The van der Waals surface area contributed by atoms with Gasteiger partial charge in [-0.25, -0.2) is 0 Å². The quantitative estimate of drug-likeness (QED) is 0.903. The van der Waals surface area contributed by atoms with Crippen LogP contribution in [0.25, 0.3) is 0 Å². The first-order valence-electron chi connectivity index (χ1n) is 5.88. The van der Waals surface area contributed by atoms with Gasteiger partial charge in [-0.15, -0.1) is 0 Å². The third kappa shape index (κ3) is 2.99. The van der Waals surface area contributed by atoms with Gasteiger partial charge in [-0.1, -0.05) is 6.07 Å². The van der Waals surface area contributed by atoms with E-state index in [0.717, 1.165) is 11.4 Å². The zero-order chi connectivity index (χ0) is 13.8. The smallest absolute Gasteiger partial charge is 0.251 e. The molecule has 0 atom stereocenters. The third-order valence-electron chi connectivity index (χ3n) is 2.85. The van der Waals surface area contributed by atoms with Gasteiger partial charge in [0.15, 0.2) is 0 Å². The van der Waals surface area contributed by atoms with Crippen molar-refractivity contribution in [1.29, 1.82) is 5.26 Å². The molecule has 1 amide bonds. The van der Waals surface area contributed by atoms with Crippen LogP contribution in [0.3, 0.4) is 0 Å². The lowest BCUT2D eigenvalue weighted by Gasteiger charge is -2.03. The summed E-state index contributed by atoms with van der Waals surface area (Å²) in [6.45, 7) is 2.33. The lowest BCUT2D eigenvalue weighted by molar-refractivity contribution is 0.0950. The monoisotopic (exact) mass is 254 g/mol. The number of aryl methyl sites for hydroxylation is 2. The first-order chi connectivity index (χ1) is 9.10. The molecule has 0 fully saturated rings. The van der Waals surface area contributed by atoms with Crippen molar-refractivity contribution in [2.75, 3.05) is 0 Å². The molecule has 2 aromatic rings. The number of carbonyl (C=O) groups is 1. The Hall–Kier alpha value is -2.61. The summed E-state index contributed by atoms with van der Waals surface area (Å²) in [6.07, 6.45) is 0. The molecule has 0 unspecified atom stereocenters. The average Bonchev–Trinajstić information content (AvgIpc) is 2.75. The minimum atomic E-state index is -0.208. The Morgan fingerprint density at radius 3 is 2.89 bits per heavy atom. The highest BCUT2D eigenvalue weighted by Gasteiger charge is 2.07. The number of amides is 1. The number of aromatic nitrogens is 2. The fourth-order valence-electron chi connectivity index (χ4n) is 1.72. The second kappa shape index (κ2) is 5.36. The molecule has 0 aliphatic heterocycles. The molecule has 0 spiro atoms. The maximum Gasteiger partial charge on any atom is 0.251 e. The third-order valence-corrected chi connectivity index (χ3v) is 2.85. The molecule has 1 aromatic carbocycles. The van der Waals surface area contributed by atoms with Gasteiger partial charge in [0.1, 0.15) is 0 Å². The maximum atomic E-state index is 11.9. The molecule has 5 nitrogen and oxygen atoms in total. The van der Waals surface area contributed by atoms with Crippen LogP contribution in [0.15, 0.2) is 30.3 Å². The number of hydrogen-bond donors (Lipinski definition) is 1. The van der Waals surface area contributed by atoms with E-state index in [2.05, 4.69) is 10.4 Å². The number of nitriles is 1. The molecule has 19 heavy (non-hydrogen) atoms. The van der Waals surface area contributed by atoms with Crippen LogP contribution in [0, 0.1) is 18.3 Å². The Morgan fingerprint density at radius 2 is 2.26 bits per heavy atom. The summed E-state index contributed by atoms with van der Waals surface area (Å²) in [5.74, 6) is -0.208. The second-order valence-electron chi connectivity index (χ2n) is 4.28. The SMILES string of the molecule is Cc1cc(CNC(=O)c2cccc(C#N)c2)nn1C. The molecule has 96 valence electrons. The van der Waals surface area contributed by atoms with Gasteiger partial charge in [0.05, 0.1) is 23.9 Å². The fraction of sp³-hybridized carbons (Fsp3) is 0.214. The fourth-order valence-corrected chi connectivity index (χ4v) is 1.72. The Labute approximate surface area is 111 Å². The minimum absolute atomic E-state index is 0.208. The van der Waals surface area contributed by atoms with Crippen LogP contribution in [0.4, 0.5) is 0 Å². The summed E-state index contributed by atoms with van der Waals surface area (Å²) >= 11 is 0. The number of benzene rings is 1. The molecule has 0 aliphatic carbocycles. The predicted octanol–water partition coefficient (Wildman–Crippen LogP) is 1.53. The van der Waals surface area contributed by atoms with Crippen LogP contribution in [0.5, 0.6) is 0 Å².